The van der Waals surface area contributed by atoms with Crippen molar-refractivity contribution in [3.63, 3.8) is 0 Å². The molecule has 1 unspecified atom stereocenters. The highest BCUT2D eigenvalue weighted by Gasteiger charge is 2.44. The molecule has 4 aromatic rings. The lowest BCUT2D eigenvalue weighted by molar-refractivity contribution is -0.130. The first kappa shape index (κ1) is 22.9. The van der Waals surface area contributed by atoms with Crippen LogP contribution in [0.4, 0.5) is 5.69 Å². The SMILES string of the molecule is CN(C)c1ccc(C2C(C(=O)c3cc4cc(Br)ccc4o3)=C(O)C(=O)N2Cc2ccccn2)cc1. The molecule has 1 aliphatic rings. The Hall–Kier alpha value is -3.91. The number of halogens is 1. The number of hydrogen-bond donors (Lipinski definition) is 1. The van der Waals surface area contributed by atoms with Gasteiger partial charge in [-0.2, -0.15) is 0 Å². The molecule has 2 aromatic carbocycles. The van der Waals surface area contributed by atoms with Crippen LogP contribution in [0.5, 0.6) is 0 Å². The first-order valence-electron chi connectivity index (χ1n) is 11.0. The Morgan fingerprint density at radius 1 is 1.11 bits per heavy atom. The number of Topliss-reactive ketones (excluding diaryl/α,β-unsaturated/α-hetero) is 1. The molecular weight excluding hydrogens is 510 g/mol. The van der Waals surface area contributed by atoms with Crippen molar-refractivity contribution in [2.45, 2.75) is 12.6 Å². The zero-order chi connectivity index (χ0) is 24.7. The van der Waals surface area contributed by atoms with Gasteiger partial charge in [-0.15, -0.1) is 0 Å². The fourth-order valence-electron chi connectivity index (χ4n) is 4.28. The van der Waals surface area contributed by atoms with E-state index in [9.17, 15) is 14.7 Å². The number of aromatic nitrogens is 1. The summed E-state index contributed by atoms with van der Waals surface area (Å²) < 4.78 is 6.65. The predicted octanol–water partition coefficient (Wildman–Crippen LogP) is 5.43. The Morgan fingerprint density at radius 2 is 1.89 bits per heavy atom. The van der Waals surface area contributed by atoms with Gasteiger partial charge in [-0.25, -0.2) is 0 Å². The standard InChI is InChI=1S/C27H22BrN3O4/c1-30(2)20-9-6-16(7-10-20)24-23(25(32)22-14-17-13-18(28)8-11-21(17)35-22)26(33)27(34)31(24)15-19-5-3-4-12-29-19/h3-14,24,33H,15H2,1-2H3. The largest absolute Gasteiger partial charge is 0.503 e. The molecular formula is C27H22BrN3O4. The molecule has 0 bridgehead atoms. The number of amides is 1. The molecule has 2 aromatic heterocycles. The van der Waals surface area contributed by atoms with E-state index in [1.165, 1.54) is 4.90 Å². The average molecular weight is 532 g/mol. The van der Waals surface area contributed by atoms with Gasteiger partial charge in [0.15, 0.2) is 11.5 Å². The van der Waals surface area contributed by atoms with E-state index in [0.717, 1.165) is 15.5 Å². The van der Waals surface area contributed by atoms with Crippen LogP contribution in [0.3, 0.4) is 0 Å². The molecule has 0 saturated carbocycles. The Balaban J connectivity index is 1.59. The molecule has 7 nitrogen and oxygen atoms in total. The summed E-state index contributed by atoms with van der Waals surface area (Å²) >= 11 is 3.42. The molecule has 0 radical (unpaired) electrons. The number of rotatable bonds is 6. The summed E-state index contributed by atoms with van der Waals surface area (Å²) in [5.74, 6) is -1.68. The maximum Gasteiger partial charge on any atom is 0.290 e. The van der Waals surface area contributed by atoms with Crippen molar-refractivity contribution in [3.8, 4) is 0 Å². The first-order valence-corrected chi connectivity index (χ1v) is 11.8. The van der Waals surface area contributed by atoms with Crippen LogP contribution in [0.2, 0.25) is 0 Å². The van der Waals surface area contributed by atoms with Crippen molar-refractivity contribution in [3.05, 3.63) is 106 Å². The molecule has 176 valence electrons. The number of pyridine rings is 1. The third-order valence-electron chi connectivity index (χ3n) is 6.03. The van der Waals surface area contributed by atoms with Gasteiger partial charge in [0.25, 0.3) is 5.91 Å². The quantitative estimate of drug-likeness (QED) is 0.333. The topological polar surface area (TPSA) is 86.9 Å². The Labute approximate surface area is 210 Å². The predicted molar refractivity (Wildman–Crippen MR) is 136 cm³/mol. The van der Waals surface area contributed by atoms with Gasteiger partial charge in [-0.05, 0) is 54.1 Å². The van der Waals surface area contributed by atoms with Gasteiger partial charge in [0, 0.05) is 35.8 Å². The van der Waals surface area contributed by atoms with Crippen LogP contribution in [-0.4, -0.2) is 40.8 Å². The van der Waals surface area contributed by atoms with E-state index >= 15 is 0 Å². The van der Waals surface area contributed by atoms with Gasteiger partial charge >= 0.3 is 0 Å². The molecule has 0 fully saturated rings. The van der Waals surface area contributed by atoms with E-state index < -0.39 is 23.5 Å². The Morgan fingerprint density at radius 3 is 2.57 bits per heavy atom. The maximum absolute atomic E-state index is 13.7. The van der Waals surface area contributed by atoms with E-state index in [-0.39, 0.29) is 17.9 Å². The second kappa shape index (κ2) is 9.03. The minimum atomic E-state index is -0.798. The zero-order valence-corrected chi connectivity index (χ0v) is 20.7. The lowest BCUT2D eigenvalue weighted by Gasteiger charge is -2.27. The number of ketones is 1. The molecule has 0 spiro atoms. The van der Waals surface area contributed by atoms with Crippen LogP contribution >= 0.6 is 15.9 Å². The highest BCUT2D eigenvalue weighted by Crippen LogP contribution is 2.41. The van der Waals surface area contributed by atoms with E-state index in [4.69, 9.17) is 4.42 Å². The van der Waals surface area contributed by atoms with Crippen molar-refractivity contribution >= 4 is 44.3 Å². The lowest BCUT2D eigenvalue weighted by atomic mass is 9.94. The van der Waals surface area contributed by atoms with Crippen LogP contribution < -0.4 is 4.90 Å². The lowest BCUT2D eigenvalue weighted by Crippen LogP contribution is -2.31. The summed E-state index contributed by atoms with van der Waals surface area (Å²) in [6.45, 7) is 0.133. The fourth-order valence-corrected chi connectivity index (χ4v) is 4.65. The van der Waals surface area contributed by atoms with Crippen LogP contribution in [-0.2, 0) is 11.3 Å². The number of benzene rings is 2. The van der Waals surface area contributed by atoms with Gasteiger partial charge in [0.2, 0.25) is 5.78 Å². The zero-order valence-electron chi connectivity index (χ0n) is 19.1. The minimum absolute atomic E-state index is 0.0124. The van der Waals surface area contributed by atoms with Crippen molar-refractivity contribution in [2.24, 2.45) is 0 Å². The van der Waals surface area contributed by atoms with Crippen molar-refractivity contribution < 1.29 is 19.1 Å². The summed E-state index contributed by atoms with van der Waals surface area (Å²) in [5.41, 5.74) is 2.84. The normalized spacial score (nSPS) is 15.8. The number of hydrogen-bond acceptors (Lipinski definition) is 6. The maximum atomic E-state index is 13.7. The molecule has 8 heteroatoms. The third-order valence-corrected chi connectivity index (χ3v) is 6.53. The highest BCUT2D eigenvalue weighted by atomic mass is 79.9. The number of nitrogens with zero attached hydrogens (tertiary/aromatic N) is 3. The van der Waals surface area contributed by atoms with Crippen LogP contribution in [0.1, 0.15) is 27.9 Å². The van der Waals surface area contributed by atoms with E-state index in [1.807, 2.05) is 61.5 Å². The van der Waals surface area contributed by atoms with Gasteiger partial charge < -0.3 is 19.3 Å². The molecule has 5 rings (SSSR count). The van der Waals surface area contributed by atoms with Crippen molar-refractivity contribution in [1.29, 1.82) is 0 Å². The minimum Gasteiger partial charge on any atom is -0.503 e. The smallest absolute Gasteiger partial charge is 0.290 e. The second-order valence-electron chi connectivity index (χ2n) is 8.53. The fraction of sp³-hybridized carbons (Fsp3) is 0.148. The van der Waals surface area contributed by atoms with Gasteiger partial charge in [-0.3, -0.25) is 14.6 Å². The van der Waals surface area contributed by atoms with E-state index in [0.29, 0.717) is 16.8 Å². The van der Waals surface area contributed by atoms with E-state index in [1.54, 1.807) is 30.5 Å². The molecule has 0 saturated heterocycles. The molecule has 35 heavy (non-hydrogen) atoms. The van der Waals surface area contributed by atoms with Gasteiger partial charge in [-0.1, -0.05) is 34.1 Å². The number of carbonyl (C=O) groups excluding carboxylic acids is 2. The summed E-state index contributed by atoms with van der Waals surface area (Å²) in [6, 6.07) is 19.2. The van der Waals surface area contributed by atoms with Crippen LogP contribution in [0, 0.1) is 0 Å². The van der Waals surface area contributed by atoms with Gasteiger partial charge in [0.05, 0.1) is 23.9 Å². The van der Waals surface area contributed by atoms with E-state index in [2.05, 4.69) is 20.9 Å². The Kier molecular flexibility index (Phi) is 5.90. The molecule has 1 atom stereocenters. The molecule has 1 N–H and O–H groups in total. The second-order valence-corrected chi connectivity index (χ2v) is 9.44. The first-order chi connectivity index (χ1) is 16.8. The van der Waals surface area contributed by atoms with Crippen LogP contribution in [0.25, 0.3) is 11.0 Å². The number of aliphatic hydroxyl groups is 1. The molecule has 1 aliphatic heterocycles. The number of aliphatic hydroxyl groups excluding tert-OH is 1. The third kappa shape index (κ3) is 4.21. The number of fused-ring (bicyclic) bond motifs is 1. The molecule has 0 aliphatic carbocycles. The van der Waals surface area contributed by atoms with Crippen molar-refractivity contribution in [2.75, 3.05) is 19.0 Å². The summed E-state index contributed by atoms with van der Waals surface area (Å²) in [4.78, 5) is 34.7. The number of furan rings is 1. The summed E-state index contributed by atoms with van der Waals surface area (Å²) in [5, 5.41) is 11.7. The summed E-state index contributed by atoms with van der Waals surface area (Å²) in [7, 11) is 3.87. The van der Waals surface area contributed by atoms with Gasteiger partial charge in [0.1, 0.15) is 5.58 Å². The number of carbonyl (C=O) groups is 2. The van der Waals surface area contributed by atoms with Crippen LogP contribution in [0.15, 0.2) is 93.1 Å². The highest BCUT2D eigenvalue weighted by molar-refractivity contribution is 9.10. The molecule has 1 amide bonds. The Bertz CT molecular complexity index is 1460. The average Bonchev–Trinajstić information content (AvgIpc) is 3.38. The summed E-state index contributed by atoms with van der Waals surface area (Å²) in [6.07, 6.45) is 1.64. The number of anilines is 1. The monoisotopic (exact) mass is 531 g/mol. The van der Waals surface area contributed by atoms with Crippen molar-refractivity contribution in [1.82, 2.24) is 9.88 Å². The molecule has 3 heterocycles.